The van der Waals surface area contributed by atoms with Crippen molar-refractivity contribution in [2.24, 2.45) is 0 Å². The van der Waals surface area contributed by atoms with E-state index in [2.05, 4.69) is 36.4 Å². The molecule has 1 fully saturated rings. The number of rotatable bonds is 6. The Balaban J connectivity index is 1.41. The summed E-state index contributed by atoms with van der Waals surface area (Å²) in [6.07, 6.45) is 0. The van der Waals surface area contributed by atoms with Crippen molar-refractivity contribution in [3.8, 4) is 22.3 Å². The highest BCUT2D eigenvalue weighted by Crippen LogP contribution is 2.29. The van der Waals surface area contributed by atoms with Gasteiger partial charge in [0.05, 0.1) is 19.8 Å². The fourth-order valence-corrected chi connectivity index (χ4v) is 4.55. The number of hydrogen-bond acceptors (Lipinski definition) is 4. The molecular weight excluding hydrogens is 478 g/mol. The first-order valence-electron chi connectivity index (χ1n) is 12.6. The Morgan fingerprint density at radius 1 is 0.763 bits per heavy atom. The average molecular weight is 508 g/mol. The van der Waals surface area contributed by atoms with Crippen molar-refractivity contribution in [2.45, 2.75) is 6.54 Å². The van der Waals surface area contributed by atoms with Crippen LogP contribution in [0.4, 0.5) is 10.5 Å². The number of morpholine rings is 1. The Labute approximate surface area is 221 Å². The van der Waals surface area contributed by atoms with Crippen LogP contribution in [0, 0.1) is 0 Å². The number of hydroxylamine groups is 1. The number of nitrogens with zero attached hydrogens (tertiary/aromatic N) is 2. The molecule has 1 heterocycles. The van der Waals surface area contributed by atoms with Crippen LogP contribution in [-0.2, 0) is 11.3 Å². The van der Waals surface area contributed by atoms with Crippen LogP contribution in [0.5, 0.6) is 0 Å². The lowest BCUT2D eigenvalue weighted by molar-refractivity contribution is 0.0548. The van der Waals surface area contributed by atoms with E-state index in [4.69, 9.17) is 9.94 Å². The summed E-state index contributed by atoms with van der Waals surface area (Å²) in [5.41, 5.74) is 8.09. The molecule has 0 bridgehead atoms. The third-order valence-electron chi connectivity index (χ3n) is 6.65. The number of anilines is 1. The van der Waals surface area contributed by atoms with Crippen LogP contribution < -0.4 is 10.4 Å². The third-order valence-corrected chi connectivity index (χ3v) is 6.65. The van der Waals surface area contributed by atoms with Crippen molar-refractivity contribution in [2.75, 3.05) is 31.2 Å². The van der Waals surface area contributed by atoms with Gasteiger partial charge in [0.1, 0.15) is 0 Å². The van der Waals surface area contributed by atoms with Gasteiger partial charge in [0.2, 0.25) is 0 Å². The predicted octanol–water partition coefficient (Wildman–Crippen LogP) is 5.60. The average Bonchev–Trinajstić information content (AvgIpc) is 3.00. The molecule has 38 heavy (non-hydrogen) atoms. The van der Waals surface area contributed by atoms with Gasteiger partial charge in [-0.2, -0.15) is 0 Å². The van der Waals surface area contributed by atoms with Crippen LogP contribution in [0.2, 0.25) is 0 Å². The fraction of sp³-hybridized carbons (Fsp3) is 0.161. The van der Waals surface area contributed by atoms with E-state index in [1.807, 2.05) is 42.5 Å². The summed E-state index contributed by atoms with van der Waals surface area (Å²) < 4.78 is 5.44. The minimum atomic E-state index is -0.579. The standard InChI is InChI=1S/C31H29N3O4/c35-30(32-37)26-11-9-23(10-12-26)22-34(31(36)33-17-19-38-20-18-33)29-15-13-25(14-16-29)28-8-4-7-27(21-28)24-5-2-1-3-6-24/h1-16,21,37H,17-20,22H2,(H,32,35). The maximum atomic E-state index is 13.6. The van der Waals surface area contributed by atoms with Crippen LogP contribution in [-0.4, -0.2) is 48.3 Å². The number of benzene rings is 4. The van der Waals surface area contributed by atoms with Gasteiger partial charge in [0.25, 0.3) is 5.91 Å². The Morgan fingerprint density at radius 3 is 2.00 bits per heavy atom. The van der Waals surface area contributed by atoms with E-state index < -0.39 is 5.91 Å². The molecular formula is C31H29N3O4. The fourth-order valence-electron chi connectivity index (χ4n) is 4.55. The van der Waals surface area contributed by atoms with Crippen molar-refractivity contribution in [3.63, 3.8) is 0 Å². The van der Waals surface area contributed by atoms with E-state index in [9.17, 15) is 9.59 Å². The molecule has 0 aliphatic carbocycles. The van der Waals surface area contributed by atoms with Crippen LogP contribution in [0.3, 0.4) is 0 Å². The summed E-state index contributed by atoms with van der Waals surface area (Å²) in [4.78, 5) is 28.8. The van der Waals surface area contributed by atoms with E-state index in [0.29, 0.717) is 38.4 Å². The zero-order chi connectivity index (χ0) is 26.3. The lowest BCUT2D eigenvalue weighted by Gasteiger charge is -2.33. The lowest BCUT2D eigenvalue weighted by Crippen LogP contribution is -2.48. The molecule has 7 heteroatoms. The van der Waals surface area contributed by atoms with E-state index >= 15 is 0 Å². The van der Waals surface area contributed by atoms with Crippen molar-refractivity contribution in [1.82, 2.24) is 10.4 Å². The van der Waals surface area contributed by atoms with Gasteiger partial charge in [-0.1, -0.05) is 72.8 Å². The molecule has 0 aromatic heterocycles. The molecule has 0 atom stereocenters. The number of ether oxygens (including phenoxy) is 1. The second kappa shape index (κ2) is 11.7. The number of nitrogens with one attached hydrogen (secondary N) is 1. The molecule has 0 saturated carbocycles. The molecule has 1 aliphatic rings. The molecule has 0 unspecified atom stereocenters. The lowest BCUT2D eigenvalue weighted by atomic mass is 9.99. The van der Waals surface area contributed by atoms with Crippen LogP contribution in [0.25, 0.3) is 22.3 Å². The molecule has 4 aromatic carbocycles. The quantitative estimate of drug-likeness (QED) is 0.263. The largest absolute Gasteiger partial charge is 0.378 e. The highest BCUT2D eigenvalue weighted by atomic mass is 16.5. The molecule has 0 spiro atoms. The molecule has 3 amide bonds. The first-order chi connectivity index (χ1) is 18.6. The van der Waals surface area contributed by atoms with Gasteiger partial charge in [0, 0.05) is 24.3 Å². The molecule has 7 nitrogen and oxygen atoms in total. The minimum Gasteiger partial charge on any atom is -0.378 e. The summed E-state index contributed by atoms with van der Waals surface area (Å²) >= 11 is 0. The van der Waals surface area contributed by atoms with Gasteiger partial charge in [-0.25, -0.2) is 10.3 Å². The van der Waals surface area contributed by atoms with Gasteiger partial charge < -0.3 is 9.64 Å². The molecule has 192 valence electrons. The van der Waals surface area contributed by atoms with Gasteiger partial charge in [0.15, 0.2) is 0 Å². The normalized spacial score (nSPS) is 13.1. The zero-order valence-corrected chi connectivity index (χ0v) is 20.9. The summed E-state index contributed by atoms with van der Waals surface area (Å²) in [6.45, 7) is 2.44. The SMILES string of the molecule is O=C(NO)c1ccc(CN(C(=O)N2CCOCC2)c2ccc(-c3cccc(-c4ccccc4)c3)cc2)cc1. The van der Waals surface area contributed by atoms with Crippen molar-refractivity contribution in [1.29, 1.82) is 0 Å². The molecule has 2 N–H and O–H groups in total. The topological polar surface area (TPSA) is 82.1 Å². The van der Waals surface area contributed by atoms with Gasteiger partial charge in [-0.05, 0) is 58.1 Å². The van der Waals surface area contributed by atoms with Crippen molar-refractivity contribution in [3.05, 3.63) is 114 Å². The van der Waals surface area contributed by atoms with E-state index in [1.54, 1.807) is 39.5 Å². The number of hydrogen-bond donors (Lipinski definition) is 2. The molecule has 0 radical (unpaired) electrons. The Bertz CT molecular complexity index is 1380. The molecule has 1 saturated heterocycles. The first-order valence-corrected chi connectivity index (χ1v) is 12.6. The Kier molecular flexibility index (Phi) is 7.78. The molecule has 4 aromatic rings. The van der Waals surface area contributed by atoms with E-state index in [-0.39, 0.29) is 6.03 Å². The highest BCUT2D eigenvalue weighted by Gasteiger charge is 2.24. The first kappa shape index (κ1) is 25.2. The van der Waals surface area contributed by atoms with Crippen molar-refractivity contribution >= 4 is 17.6 Å². The third kappa shape index (κ3) is 5.75. The van der Waals surface area contributed by atoms with Gasteiger partial charge in [-0.15, -0.1) is 0 Å². The molecule has 5 rings (SSSR count). The second-order valence-corrected chi connectivity index (χ2v) is 9.10. The smallest absolute Gasteiger partial charge is 0.324 e. The summed E-state index contributed by atoms with van der Waals surface area (Å²) in [7, 11) is 0. The maximum Gasteiger partial charge on any atom is 0.324 e. The number of carbonyl (C=O) groups is 2. The van der Waals surface area contributed by atoms with Gasteiger partial charge >= 0.3 is 6.03 Å². The minimum absolute atomic E-state index is 0.0932. The highest BCUT2D eigenvalue weighted by molar-refractivity contribution is 5.94. The number of amides is 3. The maximum absolute atomic E-state index is 13.6. The summed E-state index contributed by atoms with van der Waals surface area (Å²) in [5, 5.41) is 8.88. The van der Waals surface area contributed by atoms with E-state index in [0.717, 1.165) is 33.5 Å². The van der Waals surface area contributed by atoms with Crippen LogP contribution >= 0.6 is 0 Å². The second-order valence-electron chi connectivity index (χ2n) is 9.10. The zero-order valence-electron chi connectivity index (χ0n) is 20.9. The monoisotopic (exact) mass is 507 g/mol. The summed E-state index contributed by atoms with van der Waals surface area (Å²) in [6, 6.07) is 33.4. The Morgan fingerprint density at radius 2 is 1.37 bits per heavy atom. The van der Waals surface area contributed by atoms with Crippen LogP contribution in [0.15, 0.2) is 103 Å². The predicted molar refractivity (Wildman–Crippen MR) is 147 cm³/mol. The molecule has 1 aliphatic heterocycles. The Hall–Kier alpha value is -4.46. The number of urea groups is 1. The van der Waals surface area contributed by atoms with Crippen LogP contribution in [0.1, 0.15) is 15.9 Å². The summed E-state index contributed by atoms with van der Waals surface area (Å²) in [5.74, 6) is -0.579. The number of carbonyl (C=O) groups excluding carboxylic acids is 2. The van der Waals surface area contributed by atoms with Crippen molar-refractivity contribution < 1.29 is 19.5 Å². The van der Waals surface area contributed by atoms with E-state index in [1.165, 1.54) is 0 Å². The van der Waals surface area contributed by atoms with Gasteiger partial charge in [-0.3, -0.25) is 14.9 Å².